The van der Waals surface area contributed by atoms with Crippen molar-refractivity contribution in [2.45, 2.75) is 38.9 Å². The molecular weight excluding hydrogens is 170 g/mol. The van der Waals surface area contributed by atoms with Gasteiger partial charge in [0.25, 0.3) is 0 Å². The first-order chi connectivity index (χ1) is 6.04. The van der Waals surface area contributed by atoms with Crippen LogP contribution in [-0.2, 0) is 9.53 Å². The first-order valence-electron chi connectivity index (χ1n) is 4.62. The second-order valence-corrected chi connectivity index (χ2v) is 3.70. The molecule has 1 heterocycles. The number of ether oxygens (including phenoxy) is 1. The van der Waals surface area contributed by atoms with Gasteiger partial charge in [0.15, 0.2) is 0 Å². The number of morpholine rings is 1. The topological polar surface area (TPSA) is 49.8 Å². The Bertz CT molecular complexity index is 185. The normalized spacial score (nSPS) is 32.8. The van der Waals surface area contributed by atoms with Crippen molar-refractivity contribution in [2.24, 2.45) is 0 Å². The standard InChI is InChI=1S/C9H17NO3/c1-6-4-13-5-7(2)10(6)8(3)9(11)12/h6-8H,4-5H2,1-3H3,(H,11,12). The molecule has 0 aliphatic carbocycles. The molecule has 1 aliphatic rings. The van der Waals surface area contributed by atoms with E-state index in [4.69, 9.17) is 9.84 Å². The number of nitrogens with zero attached hydrogens (tertiary/aromatic N) is 1. The summed E-state index contributed by atoms with van der Waals surface area (Å²) in [5.41, 5.74) is 0. The number of carbonyl (C=O) groups is 1. The average molecular weight is 187 g/mol. The van der Waals surface area contributed by atoms with Gasteiger partial charge < -0.3 is 9.84 Å². The van der Waals surface area contributed by atoms with Gasteiger partial charge in [-0.15, -0.1) is 0 Å². The molecule has 0 spiro atoms. The van der Waals surface area contributed by atoms with Gasteiger partial charge in [0.2, 0.25) is 0 Å². The van der Waals surface area contributed by atoms with Gasteiger partial charge in [-0.05, 0) is 20.8 Å². The van der Waals surface area contributed by atoms with Crippen LogP contribution in [-0.4, -0.2) is 47.3 Å². The van der Waals surface area contributed by atoms with Crippen LogP contribution >= 0.6 is 0 Å². The molecule has 0 aromatic rings. The molecule has 0 radical (unpaired) electrons. The van der Waals surface area contributed by atoms with E-state index in [-0.39, 0.29) is 12.1 Å². The van der Waals surface area contributed by atoms with E-state index >= 15 is 0 Å². The quantitative estimate of drug-likeness (QED) is 0.686. The van der Waals surface area contributed by atoms with Crippen LogP contribution in [0.4, 0.5) is 0 Å². The number of carboxylic acids is 1. The first-order valence-corrected chi connectivity index (χ1v) is 4.62. The molecule has 0 bridgehead atoms. The lowest BCUT2D eigenvalue weighted by atomic mass is 10.1. The highest BCUT2D eigenvalue weighted by Crippen LogP contribution is 2.16. The van der Waals surface area contributed by atoms with Crippen LogP contribution in [0.2, 0.25) is 0 Å². The lowest BCUT2D eigenvalue weighted by Gasteiger charge is -2.40. The maximum absolute atomic E-state index is 10.8. The first kappa shape index (κ1) is 10.5. The molecule has 0 aromatic heterocycles. The molecule has 3 unspecified atom stereocenters. The van der Waals surface area contributed by atoms with E-state index < -0.39 is 12.0 Å². The predicted molar refractivity (Wildman–Crippen MR) is 48.7 cm³/mol. The molecular formula is C9H17NO3. The highest BCUT2D eigenvalue weighted by atomic mass is 16.5. The van der Waals surface area contributed by atoms with Crippen molar-refractivity contribution >= 4 is 5.97 Å². The number of aliphatic carboxylic acids is 1. The molecule has 0 aromatic carbocycles. The minimum atomic E-state index is -0.763. The van der Waals surface area contributed by atoms with Crippen LogP contribution in [0.3, 0.4) is 0 Å². The summed E-state index contributed by atoms with van der Waals surface area (Å²) in [5.74, 6) is -0.763. The number of hydrogen-bond donors (Lipinski definition) is 1. The van der Waals surface area contributed by atoms with Crippen LogP contribution < -0.4 is 0 Å². The summed E-state index contributed by atoms with van der Waals surface area (Å²) in [6.45, 7) is 6.97. The zero-order chi connectivity index (χ0) is 10.0. The van der Waals surface area contributed by atoms with E-state index in [0.717, 1.165) is 0 Å². The van der Waals surface area contributed by atoms with Crippen LogP contribution in [0, 0.1) is 0 Å². The van der Waals surface area contributed by atoms with Crippen molar-refractivity contribution < 1.29 is 14.6 Å². The summed E-state index contributed by atoms with van der Waals surface area (Å²) >= 11 is 0. The Morgan fingerprint density at radius 2 is 1.92 bits per heavy atom. The maximum Gasteiger partial charge on any atom is 0.320 e. The third kappa shape index (κ3) is 2.19. The molecule has 1 N–H and O–H groups in total. The molecule has 13 heavy (non-hydrogen) atoms. The predicted octanol–water partition coefficient (Wildman–Crippen LogP) is 0.569. The van der Waals surface area contributed by atoms with E-state index in [9.17, 15) is 4.79 Å². The fraction of sp³-hybridized carbons (Fsp3) is 0.889. The lowest BCUT2D eigenvalue weighted by molar-refractivity contribution is -0.148. The molecule has 1 fully saturated rings. The van der Waals surface area contributed by atoms with Gasteiger partial charge in [-0.3, -0.25) is 9.69 Å². The fourth-order valence-electron chi connectivity index (χ4n) is 1.91. The second-order valence-electron chi connectivity index (χ2n) is 3.70. The summed E-state index contributed by atoms with van der Waals surface area (Å²) in [7, 11) is 0. The van der Waals surface area contributed by atoms with E-state index in [2.05, 4.69) is 0 Å². The molecule has 1 rings (SSSR count). The van der Waals surface area contributed by atoms with Crippen molar-refractivity contribution in [3.8, 4) is 0 Å². The van der Waals surface area contributed by atoms with Gasteiger partial charge in [-0.25, -0.2) is 0 Å². The van der Waals surface area contributed by atoms with Crippen LogP contribution in [0.15, 0.2) is 0 Å². The fourth-order valence-corrected chi connectivity index (χ4v) is 1.91. The Hall–Kier alpha value is -0.610. The Morgan fingerprint density at radius 1 is 1.46 bits per heavy atom. The van der Waals surface area contributed by atoms with Crippen molar-refractivity contribution in [3.05, 3.63) is 0 Å². The number of carboxylic acid groups (broad SMARTS) is 1. The zero-order valence-corrected chi connectivity index (χ0v) is 8.36. The molecule has 1 aliphatic heterocycles. The van der Waals surface area contributed by atoms with Gasteiger partial charge in [0, 0.05) is 12.1 Å². The summed E-state index contributed by atoms with van der Waals surface area (Å²) in [4.78, 5) is 12.8. The van der Waals surface area contributed by atoms with Gasteiger partial charge in [0.1, 0.15) is 6.04 Å². The third-order valence-corrected chi connectivity index (χ3v) is 2.54. The van der Waals surface area contributed by atoms with E-state index in [1.807, 2.05) is 18.7 Å². The van der Waals surface area contributed by atoms with Crippen LogP contribution in [0.1, 0.15) is 20.8 Å². The zero-order valence-electron chi connectivity index (χ0n) is 8.36. The molecule has 1 saturated heterocycles. The summed E-state index contributed by atoms with van der Waals surface area (Å²) in [5, 5.41) is 8.89. The van der Waals surface area contributed by atoms with Crippen molar-refractivity contribution in [2.75, 3.05) is 13.2 Å². The van der Waals surface area contributed by atoms with Gasteiger partial charge >= 0.3 is 5.97 Å². The van der Waals surface area contributed by atoms with Crippen molar-refractivity contribution in [1.29, 1.82) is 0 Å². The summed E-state index contributed by atoms with van der Waals surface area (Å²) in [6, 6.07) is -0.0430. The second kappa shape index (κ2) is 4.07. The highest BCUT2D eigenvalue weighted by molar-refractivity contribution is 5.73. The van der Waals surface area contributed by atoms with E-state index in [0.29, 0.717) is 13.2 Å². The summed E-state index contributed by atoms with van der Waals surface area (Å²) < 4.78 is 5.32. The lowest BCUT2D eigenvalue weighted by Crippen LogP contribution is -2.55. The number of hydrogen-bond acceptors (Lipinski definition) is 3. The molecule has 0 amide bonds. The Labute approximate surface area is 78.5 Å². The largest absolute Gasteiger partial charge is 0.480 e. The van der Waals surface area contributed by atoms with Gasteiger partial charge in [0.05, 0.1) is 13.2 Å². The Morgan fingerprint density at radius 3 is 2.31 bits per heavy atom. The van der Waals surface area contributed by atoms with Crippen LogP contribution in [0.5, 0.6) is 0 Å². The highest BCUT2D eigenvalue weighted by Gasteiger charge is 2.32. The minimum Gasteiger partial charge on any atom is -0.480 e. The smallest absolute Gasteiger partial charge is 0.320 e. The molecule has 76 valence electrons. The molecule has 4 nitrogen and oxygen atoms in total. The molecule has 0 saturated carbocycles. The SMILES string of the molecule is CC1COCC(C)N1C(C)C(=O)O. The minimum absolute atomic E-state index is 0.190. The van der Waals surface area contributed by atoms with E-state index in [1.54, 1.807) is 6.92 Å². The van der Waals surface area contributed by atoms with Gasteiger partial charge in [-0.1, -0.05) is 0 Å². The molecule has 4 heteroatoms. The van der Waals surface area contributed by atoms with Crippen LogP contribution in [0.25, 0.3) is 0 Å². The van der Waals surface area contributed by atoms with Gasteiger partial charge in [-0.2, -0.15) is 0 Å². The number of rotatable bonds is 2. The maximum atomic E-state index is 10.8. The summed E-state index contributed by atoms with van der Waals surface area (Å²) in [6.07, 6.45) is 0. The van der Waals surface area contributed by atoms with E-state index in [1.165, 1.54) is 0 Å². The Kier molecular flexibility index (Phi) is 3.27. The monoisotopic (exact) mass is 187 g/mol. The Balaban J connectivity index is 2.67. The average Bonchev–Trinajstić information content (AvgIpc) is 2.03. The third-order valence-electron chi connectivity index (χ3n) is 2.54. The van der Waals surface area contributed by atoms with Crippen molar-refractivity contribution in [1.82, 2.24) is 4.90 Å². The molecule has 3 atom stereocenters. The van der Waals surface area contributed by atoms with Crippen molar-refractivity contribution in [3.63, 3.8) is 0 Å².